The molecule has 2 aliphatic heterocycles. The molecule has 140 valence electrons. The minimum Gasteiger partial charge on any atom is -0.381 e. The Balaban J connectivity index is 1.63. The Kier molecular flexibility index (Phi) is 5.36. The molecule has 2 aromatic heterocycles. The molecule has 26 heavy (non-hydrogen) atoms. The van der Waals surface area contributed by atoms with Crippen LogP contribution in [-0.2, 0) is 24.2 Å². The van der Waals surface area contributed by atoms with Gasteiger partial charge in [-0.3, -0.25) is 9.88 Å². The quantitative estimate of drug-likeness (QED) is 0.824. The van der Waals surface area contributed by atoms with E-state index in [0.29, 0.717) is 12.0 Å². The lowest BCUT2D eigenvalue weighted by atomic mass is 10.0. The first kappa shape index (κ1) is 17.7. The van der Waals surface area contributed by atoms with Gasteiger partial charge in [0, 0.05) is 56.8 Å². The number of nitrogens with zero attached hydrogens (tertiary/aromatic N) is 4. The van der Waals surface area contributed by atoms with E-state index in [9.17, 15) is 0 Å². The summed E-state index contributed by atoms with van der Waals surface area (Å²) in [7, 11) is 0. The first-order chi connectivity index (χ1) is 12.7. The molecule has 2 aliphatic rings. The maximum atomic E-state index is 5.56. The second kappa shape index (κ2) is 7.89. The van der Waals surface area contributed by atoms with Gasteiger partial charge in [0.25, 0.3) is 0 Å². The highest BCUT2D eigenvalue weighted by Gasteiger charge is 2.29. The second-order valence-corrected chi connectivity index (χ2v) is 7.97. The Labute approximate surface area is 156 Å². The number of hydrogen-bond donors (Lipinski definition) is 0. The summed E-state index contributed by atoms with van der Waals surface area (Å²) in [5, 5.41) is 0. The first-order valence-electron chi connectivity index (χ1n) is 10.0. The first-order valence-corrected chi connectivity index (χ1v) is 10.0. The molecule has 0 saturated carbocycles. The molecule has 0 aliphatic carbocycles. The molecular formula is C21H30N4O. The molecule has 0 N–H and O–H groups in total. The van der Waals surface area contributed by atoms with Crippen molar-refractivity contribution < 1.29 is 4.74 Å². The topological polar surface area (TPSA) is 43.2 Å². The molecule has 0 radical (unpaired) electrons. The maximum Gasteiger partial charge on any atom is 0.142 e. The number of hydrogen-bond acceptors (Lipinski definition) is 4. The molecule has 0 aromatic carbocycles. The van der Waals surface area contributed by atoms with E-state index < -0.39 is 0 Å². The number of rotatable bonds is 5. The highest BCUT2D eigenvalue weighted by Crippen LogP contribution is 2.29. The van der Waals surface area contributed by atoms with Crippen molar-refractivity contribution in [3.63, 3.8) is 0 Å². The zero-order chi connectivity index (χ0) is 17.9. The summed E-state index contributed by atoms with van der Waals surface area (Å²) in [6.45, 7) is 9.53. The van der Waals surface area contributed by atoms with Crippen molar-refractivity contribution in [3.8, 4) is 11.4 Å². The Morgan fingerprint density at radius 2 is 2.08 bits per heavy atom. The van der Waals surface area contributed by atoms with Crippen LogP contribution in [0.15, 0.2) is 24.5 Å². The minimum atomic E-state index is 0.659. The van der Waals surface area contributed by atoms with E-state index >= 15 is 0 Å². The molecule has 4 rings (SSSR count). The lowest BCUT2D eigenvalue weighted by Gasteiger charge is -2.37. The van der Waals surface area contributed by atoms with Crippen LogP contribution < -0.4 is 0 Å². The number of aromatic nitrogens is 3. The van der Waals surface area contributed by atoms with Crippen molar-refractivity contribution in [2.24, 2.45) is 5.92 Å². The summed E-state index contributed by atoms with van der Waals surface area (Å²) in [4.78, 5) is 12.0. The van der Waals surface area contributed by atoms with Crippen molar-refractivity contribution in [1.29, 1.82) is 0 Å². The van der Waals surface area contributed by atoms with E-state index in [1.165, 1.54) is 17.8 Å². The van der Waals surface area contributed by atoms with Crippen LogP contribution >= 0.6 is 0 Å². The highest BCUT2D eigenvalue weighted by molar-refractivity contribution is 5.55. The van der Waals surface area contributed by atoms with Gasteiger partial charge in [-0.1, -0.05) is 13.8 Å². The summed E-state index contributed by atoms with van der Waals surface area (Å²) >= 11 is 0. The smallest absolute Gasteiger partial charge is 0.142 e. The zero-order valence-electron chi connectivity index (χ0n) is 16.0. The van der Waals surface area contributed by atoms with E-state index in [1.807, 2.05) is 18.5 Å². The molecule has 1 fully saturated rings. The van der Waals surface area contributed by atoms with Crippen LogP contribution in [0.3, 0.4) is 0 Å². The Hall–Kier alpha value is -1.72. The third-order valence-corrected chi connectivity index (χ3v) is 5.70. The normalized spacial score (nSPS) is 19.0. The van der Waals surface area contributed by atoms with Gasteiger partial charge in [0.2, 0.25) is 0 Å². The Bertz CT molecular complexity index is 719. The molecule has 0 atom stereocenters. The fourth-order valence-electron chi connectivity index (χ4n) is 4.16. The molecule has 0 spiro atoms. The molecular weight excluding hydrogens is 324 g/mol. The van der Waals surface area contributed by atoms with E-state index in [2.05, 4.69) is 34.4 Å². The van der Waals surface area contributed by atoms with Crippen molar-refractivity contribution in [3.05, 3.63) is 35.9 Å². The predicted octanol–water partition coefficient (Wildman–Crippen LogP) is 3.53. The van der Waals surface area contributed by atoms with Crippen LogP contribution in [0.2, 0.25) is 0 Å². The fraction of sp³-hybridized carbons (Fsp3) is 0.619. The van der Waals surface area contributed by atoms with Crippen LogP contribution in [-0.4, -0.2) is 45.2 Å². The zero-order valence-corrected chi connectivity index (χ0v) is 16.0. The summed E-state index contributed by atoms with van der Waals surface area (Å²) in [5.41, 5.74) is 3.83. The van der Waals surface area contributed by atoms with Gasteiger partial charge in [-0.25, -0.2) is 4.98 Å². The van der Waals surface area contributed by atoms with Crippen molar-refractivity contribution >= 4 is 0 Å². The molecule has 5 heteroatoms. The highest BCUT2D eigenvalue weighted by atomic mass is 16.5. The largest absolute Gasteiger partial charge is 0.381 e. The third-order valence-electron chi connectivity index (χ3n) is 5.70. The standard InChI is InChI=1S/C21H30N4O/c1-16(2)5-6-19-20-15-24(18-7-12-26-13-8-18)10-11-25(20)21(23-19)17-4-3-9-22-14-17/h3-4,9,14,16,18H,5-8,10-13,15H2,1-2H3. The van der Waals surface area contributed by atoms with E-state index in [0.717, 1.165) is 63.5 Å². The average molecular weight is 354 g/mol. The number of aryl methyl sites for hydroxylation is 1. The second-order valence-electron chi connectivity index (χ2n) is 7.97. The van der Waals surface area contributed by atoms with E-state index in [1.54, 1.807) is 0 Å². The number of ether oxygens (including phenoxy) is 1. The van der Waals surface area contributed by atoms with Crippen LogP contribution in [0, 0.1) is 5.92 Å². The summed E-state index contributed by atoms with van der Waals surface area (Å²) in [5.74, 6) is 1.79. The number of fused-ring (bicyclic) bond motifs is 1. The molecule has 0 amide bonds. The van der Waals surface area contributed by atoms with Crippen molar-refractivity contribution in [2.75, 3.05) is 19.8 Å². The molecule has 2 aromatic rings. The van der Waals surface area contributed by atoms with Crippen molar-refractivity contribution in [2.45, 2.75) is 58.7 Å². The Morgan fingerprint density at radius 1 is 1.23 bits per heavy atom. The summed E-state index contributed by atoms with van der Waals surface area (Å²) < 4.78 is 8.01. The van der Waals surface area contributed by atoms with Gasteiger partial charge in [-0.15, -0.1) is 0 Å². The van der Waals surface area contributed by atoms with Gasteiger partial charge in [0.1, 0.15) is 5.82 Å². The third kappa shape index (κ3) is 3.69. The van der Waals surface area contributed by atoms with Gasteiger partial charge in [0.15, 0.2) is 0 Å². The molecule has 4 heterocycles. The lowest BCUT2D eigenvalue weighted by Crippen LogP contribution is -2.44. The van der Waals surface area contributed by atoms with E-state index in [4.69, 9.17) is 9.72 Å². The predicted molar refractivity (Wildman–Crippen MR) is 103 cm³/mol. The minimum absolute atomic E-state index is 0.659. The number of pyridine rings is 1. The van der Waals surface area contributed by atoms with Crippen molar-refractivity contribution in [1.82, 2.24) is 19.4 Å². The van der Waals surface area contributed by atoms with Gasteiger partial charge in [-0.2, -0.15) is 0 Å². The summed E-state index contributed by atoms with van der Waals surface area (Å²) in [6.07, 6.45) is 8.33. The van der Waals surface area contributed by atoms with E-state index in [-0.39, 0.29) is 0 Å². The SMILES string of the molecule is CC(C)CCc1nc(-c2cccnc2)n2c1CN(C1CCOCC1)CC2. The van der Waals surface area contributed by atoms with Gasteiger partial charge in [-0.05, 0) is 43.7 Å². The van der Waals surface area contributed by atoms with Crippen LogP contribution in [0.5, 0.6) is 0 Å². The van der Waals surface area contributed by atoms with Gasteiger partial charge >= 0.3 is 0 Å². The fourth-order valence-corrected chi connectivity index (χ4v) is 4.16. The van der Waals surface area contributed by atoms with Gasteiger partial charge < -0.3 is 9.30 Å². The monoisotopic (exact) mass is 354 g/mol. The Morgan fingerprint density at radius 3 is 2.81 bits per heavy atom. The summed E-state index contributed by atoms with van der Waals surface area (Å²) in [6, 6.07) is 4.79. The number of imidazole rings is 1. The van der Waals surface area contributed by atoms with Crippen LogP contribution in [0.25, 0.3) is 11.4 Å². The molecule has 1 saturated heterocycles. The average Bonchev–Trinajstić information content (AvgIpc) is 3.06. The van der Waals surface area contributed by atoms with Crippen LogP contribution in [0.1, 0.15) is 44.5 Å². The lowest BCUT2D eigenvalue weighted by molar-refractivity contribution is 0.0242. The molecule has 5 nitrogen and oxygen atoms in total. The maximum absolute atomic E-state index is 5.56. The molecule has 0 unspecified atom stereocenters. The molecule has 0 bridgehead atoms. The van der Waals surface area contributed by atoms with Gasteiger partial charge in [0.05, 0.1) is 11.4 Å². The van der Waals surface area contributed by atoms with Crippen LogP contribution in [0.4, 0.5) is 0 Å².